The van der Waals surface area contributed by atoms with E-state index in [4.69, 9.17) is 5.11 Å². The number of carboxylic acids is 1. The lowest BCUT2D eigenvalue weighted by atomic mass is 10.2. The van der Waals surface area contributed by atoms with E-state index in [1.165, 1.54) is 0 Å². The number of carbonyl (C=O) groups is 1. The Hall–Kier alpha value is -1.83. The summed E-state index contributed by atoms with van der Waals surface area (Å²) in [5.41, 5.74) is 1.30. The van der Waals surface area contributed by atoms with Crippen LogP contribution in [-0.4, -0.2) is 34.2 Å². The van der Waals surface area contributed by atoms with Crippen LogP contribution in [0.15, 0.2) is 12.1 Å². The van der Waals surface area contributed by atoms with E-state index in [-0.39, 0.29) is 11.4 Å². The molecule has 5 nitrogen and oxygen atoms in total. The average Bonchev–Trinajstić information content (AvgIpc) is 2.38. The van der Waals surface area contributed by atoms with Gasteiger partial charge in [-0.05, 0) is 25.0 Å². The molecule has 1 aliphatic rings. The van der Waals surface area contributed by atoms with Crippen LogP contribution < -0.4 is 5.43 Å². The van der Waals surface area contributed by atoms with Gasteiger partial charge in [-0.25, -0.2) is 14.8 Å². The zero-order chi connectivity index (χ0) is 14.8. The first-order valence-corrected chi connectivity index (χ1v) is 6.21. The van der Waals surface area contributed by atoms with Gasteiger partial charge in [0.15, 0.2) is 5.82 Å². The number of nitrogens with zero attached hydrogens (tertiary/aromatic N) is 2. The van der Waals surface area contributed by atoms with Crippen LogP contribution in [0.1, 0.15) is 35.3 Å². The molecule has 20 heavy (non-hydrogen) atoms. The number of piperidine rings is 1. The van der Waals surface area contributed by atoms with Crippen molar-refractivity contribution in [3.05, 3.63) is 23.4 Å². The van der Waals surface area contributed by atoms with Crippen LogP contribution in [-0.2, 0) is 6.18 Å². The van der Waals surface area contributed by atoms with Crippen LogP contribution in [0.2, 0.25) is 0 Å². The van der Waals surface area contributed by atoms with Gasteiger partial charge in [-0.15, -0.1) is 0 Å². The van der Waals surface area contributed by atoms with Crippen molar-refractivity contribution >= 4 is 11.8 Å². The highest BCUT2D eigenvalue weighted by atomic mass is 19.4. The van der Waals surface area contributed by atoms with E-state index in [9.17, 15) is 18.0 Å². The number of nitrogens with one attached hydrogen (secondary N) is 1. The van der Waals surface area contributed by atoms with Crippen molar-refractivity contribution in [2.24, 2.45) is 0 Å². The van der Waals surface area contributed by atoms with Crippen molar-refractivity contribution in [1.29, 1.82) is 0 Å². The zero-order valence-electron chi connectivity index (χ0n) is 10.6. The Morgan fingerprint density at radius 2 is 1.90 bits per heavy atom. The lowest BCUT2D eigenvalue weighted by Crippen LogP contribution is -2.36. The number of halogens is 3. The third-order valence-electron chi connectivity index (χ3n) is 3.04. The fourth-order valence-corrected chi connectivity index (χ4v) is 2.03. The molecule has 1 aromatic heterocycles. The second-order valence-corrected chi connectivity index (χ2v) is 4.56. The molecular weight excluding hydrogens is 275 g/mol. The Balaban J connectivity index is 2.29. The molecule has 2 heterocycles. The number of aromatic carboxylic acids is 1. The Bertz CT molecular complexity index is 499. The smallest absolute Gasteiger partial charge is 0.433 e. The Kier molecular flexibility index (Phi) is 4.12. The summed E-state index contributed by atoms with van der Waals surface area (Å²) in [6.45, 7) is 1.30. The molecule has 0 amide bonds. The first-order valence-electron chi connectivity index (χ1n) is 6.21. The Morgan fingerprint density at radius 3 is 2.45 bits per heavy atom. The van der Waals surface area contributed by atoms with Crippen molar-refractivity contribution in [2.45, 2.75) is 25.4 Å². The number of rotatable bonds is 3. The number of hydrogen-bond acceptors (Lipinski definition) is 4. The Morgan fingerprint density at radius 1 is 1.25 bits per heavy atom. The lowest BCUT2D eigenvalue weighted by Gasteiger charge is -2.28. The molecule has 0 bridgehead atoms. The highest BCUT2D eigenvalue weighted by molar-refractivity contribution is 5.93. The van der Waals surface area contributed by atoms with Crippen molar-refractivity contribution in [2.75, 3.05) is 18.5 Å². The summed E-state index contributed by atoms with van der Waals surface area (Å²) < 4.78 is 37.9. The fraction of sp³-hybridized carbons (Fsp3) is 0.500. The van der Waals surface area contributed by atoms with Gasteiger partial charge in [0.25, 0.3) is 0 Å². The molecule has 0 aliphatic carbocycles. The number of aromatic nitrogens is 1. The summed E-state index contributed by atoms with van der Waals surface area (Å²) in [6.07, 6.45) is -1.72. The van der Waals surface area contributed by atoms with E-state index in [0.717, 1.165) is 25.3 Å². The maximum Gasteiger partial charge on any atom is 0.433 e. The summed E-state index contributed by atoms with van der Waals surface area (Å²) >= 11 is 0. The van der Waals surface area contributed by atoms with Crippen LogP contribution >= 0.6 is 0 Å². The minimum atomic E-state index is -4.60. The molecular formula is C12H14F3N3O2. The number of carboxylic acid groups (broad SMARTS) is 1. The van der Waals surface area contributed by atoms with E-state index in [1.54, 1.807) is 5.01 Å². The van der Waals surface area contributed by atoms with Crippen molar-refractivity contribution in [3.8, 4) is 0 Å². The van der Waals surface area contributed by atoms with Gasteiger partial charge >= 0.3 is 12.1 Å². The normalized spacial score (nSPS) is 16.9. The molecule has 8 heteroatoms. The summed E-state index contributed by atoms with van der Waals surface area (Å²) in [6, 6.07) is 1.59. The lowest BCUT2D eigenvalue weighted by molar-refractivity contribution is -0.141. The second kappa shape index (κ2) is 5.66. The highest BCUT2D eigenvalue weighted by Gasteiger charge is 2.33. The fourth-order valence-electron chi connectivity index (χ4n) is 2.03. The van der Waals surface area contributed by atoms with Crippen LogP contribution in [0.5, 0.6) is 0 Å². The van der Waals surface area contributed by atoms with Crippen LogP contribution in [0, 0.1) is 0 Å². The van der Waals surface area contributed by atoms with Gasteiger partial charge in [-0.2, -0.15) is 13.2 Å². The minimum absolute atomic E-state index is 0.269. The monoisotopic (exact) mass is 289 g/mol. The maximum absolute atomic E-state index is 12.6. The number of pyridine rings is 1. The van der Waals surface area contributed by atoms with Crippen LogP contribution in [0.25, 0.3) is 0 Å². The van der Waals surface area contributed by atoms with Crippen LogP contribution in [0.3, 0.4) is 0 Å². The zero-order valence-corrected chi connectivity index (χ0v) is 10.6. The molecule has 2 N–H and O–H groups in total. The van der Waals surface area contributed by atoms with Crippen LogP contribution in [0.4, 0.5) is 19.0 Å². The predicted molar refractivity (Wildman–Crippen MR) is 65.2 cm³/mol. The number of hydrogen-bond donors (Lipinski definition) is 2. The average molecular weight is 289 g/mol. The summed E-state index contributed by atoms with van der Waals surface area (Å²) in [7, 11) is 0. The molecule has 1 saturated heterocycles. The van der Waals surface area contributed by atoms with Gasteiger partial charge in [0.05, 0.1) is 0 Å². The quantitative estimate of drug-likeness (QED) is 0.895. The van der Waals surface area contributed by atoms with E-state index in [2.05, 4.69) is 10.4 Å². The van der Waals surface area contributed by atoms with Gasteiger partial charge < -0.3 is 10.5 Å². The topological polar surface area (TPSA) is 65.5 Å². The van der Waals surface area contributed by atoms with Crippen molar-refractivity contribution < 1.29 is 23.1 Å². The van der Waals surface area contributed by atoms with Gasteiger partial charge in [0.2, 0.25) is 0 Å². The first-order chi connectivity index (χ1) is 9.38. The minimum Gasteiger partial charge on any atom is -0.478 e. The number of alkyl halides is 3. The second-order valence-electron chi connectivity index (χ2n) is 4.56. The Labute approximate surface area is 113 Å². The predicted octanol–water partition coefficient (Wildman–Crippen LogP) is 2.61. The molecule has 0 spiro atoms. The molecule has 1 aliphatic heterocycles. The van der Waals surface area contributed by atoms with Crippen molar-refractivity contribution in [3.63, 3.8) is 0 Å². The standard InChI is InChI=1S/C12H14F3N3O2/c13-12(14,15)9-5-4-8(11(19)20)10(16-9)17-18-6-2-1-3-7-18/h4-5H,1-3,6-7H2,(H,16,17)(H,19,20). The van der Waals surface area contributed by atoms with E-state index in [1.807, 2.05) is 0 Å². The molecule has 2 rings (SSSR count). The molecule has 0 aromatic carbocycles. The molecule has 0 unspecified atom stereocenters. The third kappa shape index (κ3) is 3.38. The molecule has 1 fully saturated rings. The summed E-state index contributed by atoms with van der Waals surface area (Å²) in [4.78, 5) is 14.4. The first kappa shape index (κ1) is 14.6. The summed E-state index contributed by atoms with van der Waals surface area (Å²) in [5.74, 6) is -1.58. The SMILES string of the molecule is O=C(O)c1ccc(C(F)(F)F)nc1NN1CCCCC1. The molecule has 0 atom stereocenters. The summed E-state index contributed by atoms with van der Waals surface area (Å²) in [5, 5.41) is 10.7. The van der Waals surface area contributed by atoms with E-state index < -0.39 is 17.8 Å². The largest absolute Gasteiger partial charge is 0.478 e. The molecule has 0 radical (unpaired) electrons. The van der Waals surface area contributed by atoms with Gasteiger partial charge in [0.1, 0.15) is 11.3 Å². The van der Waals surface area contributed by atoms with Crippen molar-refractivity contribution in [1.82, 2.24) is 9.99 Å². The van der Waals surface area contributed by atoms with Gasteiger partial charge in [0, 0.05) is 13.1 Å². The maximum atomic E-state index is 12.6. The molecule has 110 valence electrons. The highest BCUT2D eigenvalue weighted by Crippen LogP contribution is 2.29. The third-order valence-corrected chi connectivity index (χ3v) is 3.04. The number of anilines is 1. The molecule has 0 saturated carbocycles. The van der Waals surface area contributed by atoms with Gasteiger partial charge in [-0.3, -0.25) is 0 Å². The number of hydrazine groups is 1. The van der Waals surface area contributed by atoms with Gasteiger partial charge in [-0.1, -0.05) is 6.42 Å². The molecule has 1 aromatic rings. The van der Waals surface area contributed by atoms with E-state index in [0.29, 0.717) is 19.2 Å². The van der Waals surface area contributed by atoms with E-state index >= 15 is 0 Å².